The number of aryl methyl sites for hydroxylation is 1. The van der Waals surface area contributed by atoms with E-state index in [9.17, 15) is 8.42 Å². The SMILES string of the molecule is CCC(C)c1ccc(S(=O)(=O)NCc2ccn(CC)n2)cc1. The molecule has 2 rings (SSSR count). The Morgan fingerprint density at radius 1 is 1.18 bits per heavy atom. The molecule has 120 valence electrons. The fourth-order valence-corrected chi connectivity index (χ4v) is 3.14. The summed E-state index contributed by atoms with van der Waals surface area (Å²) in [6.07, 6.45) is 2.87. The minimum absolute atomic E-state index is 0.197. The molecule has 0 aliphatic rings. The highest BCUT2D eigenvalue weighted by Gasteiger charge is 2.15. The smallest absolute Gasteiger partial charge is 0.240 e. The average Bonchev–Trinajstić information content (AvgIpc) is 3.00. The van der Waals surface area contributed by atoms with Gasteiger partial charge in [0.05, 0.1) is 17.1 Å². The van der Waals surface area contributed by atoms with E-state index >= 15 is 0 Å². The molecule has 0 spiro atoms. The lowest BCUT2D eigenvalue weighted by atomic mass is 9.99. The monoisotopic (exact) mass is 321 g/mol. The lowest BCUT2D eigenvalue weighted by molar-refractivity contribution is 0.578. The highest BCUT2D eigenvalue weighted by Crippen LogP contribution is 2.20. The number of aromatic nitrogens is 2. The maximum absolute atomic E-state index is 12.3. The molecule has 2 aromatic rings. The van der Waals surface area contributed by atoms with E-state index in [2.05, 4.69) is 23.7 Å². The fraction of sp³-hybridized carbons (Fsp3) is 0.438. The number of benzene rings is 1. The van der Waals surface area contributed by atoms with Crippen molar-refractivity contribution in [2.75, 3.05) is 0 Å². The van der Waals surface area contributed by atoms with E-state index in [1.54, 1.807) is 16.8 Å². The molecule has 1 aromatic heterocycles. The van der Waals surface area contributed by atoms with E-state index in [-0.39, 0.29) is 11.4 Å². The molecule has 0 aliphatic carbocycles. The zero-order chi connectivity index (χ0) is 16.2. The first kappa shape index (κ1) is 16.7. The molecular weight excluding hydrogens is 298 g/mol. The van der Waals surface area contributed by atoms with Crippen molar-refractivity contribution < 1.29 is 8.42 Å². The fourth-order valence-electron chi connectivity index (χ4n) is 2.14. The second kappa shape index (κ2) is 7.07. The zero-order valence-corrected chi connectivity index (χ0v) is 14.1. The molecule has 22 heavy (non-hydrogen) atoms. The van der Waals surface area contributed by atoms with Crippen LogP contribution in [0.25, 0.3) is 0 Å². The minimum atomic E-state index is -3.50. The Kier molecular flexibility index (Phi) is 5.37. The molecule has 1 atom stereocenters. The Morgan fingerprint density at radius 3 is 2.41 bits per heavy atom. The van der Waals surface area contributed by atoms with Crippen molar-refractivity contribution in [1.82, 2.24) is 14.5 Å². The van der Waals surface area contributed by atoms with Crippen molar-refractivity contribution >= 4 is 10.0 Å². The number of sulfonamides is 1. The van der Waals surface area contributed by atoms with Crippen LogP contribution in [-0.4, -0.2) is 18.2 Å². The van der Waals surface area contributed by atoms with Gasteiger partial charge < -0.3 is 0 Å². The number of rotatable bonds is 7. The molecule has 1 heterocycles. The maximum Gasteiger partial charge on any atom is 0.240 e. The summed E-state index contributed by atoms with van der Waals surface area (Å²) >= 11 is 0. The van der Waals surface area contributed by atoms with E-state index in [0.29, 0.717) is 11.6 Å². The molecule has 0 aliphatic heterocycles. The summed E-state index contributed by atoms with van der Waals surface area (Å²) in [5.74, 6) is 0.433. The van der Waals surface area contributed by atoms with Crippen molar-refractivity contribution in [3.05, 3.63) is 47.8 Å². The van der Waals surface area contributed by atoms with Gasteiger partial charge in [-0.15, -0.1) is 0 Å². The van der Waals surface area contributed by atoms with Gasteiger partial charge in [-0.2, -0.15) is 5.10 Å². The lowest BCUT2D eigenvalue weighted by Crippen LogP contribution is -2.23. The van der Waals surface area contributed by atoms with Gasteiger partial charge >= 0.3 is 0 Å². The van der Waals surface area contributed by atoms with Crippen LogP contribution >= 0.6 is 0 Å². The highest BCUT2D eigenvalue weighted by atomic mass is 32.2. The Labute approximate surface area is 132 Å². The van der Waals surface area contributed by atoms with Gasteiger partial charge in [0.1, 0.15) is 0 Å². The summed E-state index contributed by atoms with van der Waals surface area (Å²) in [5, 5.41) is 4.26. The molecule has 5 nitrogen and oxygen atoms in total. The first-order chi connectivity index (χ1) is 10.5. The summed E-state index contributed by atoms with van der Waals surface area (Å²) < 4.78 is 28.9. The van der Waals surface area contributed by atoms with Crippen molar-refractivity contribution in [3.8, 4) is 0 Å². The second-order valence-electron chi connectivity index (χ2n) is 5.37. The normalized spacial score (nSPS) is 13.2. The van der Waals surface area contributed by atoms with Crippen LogP contribution in [0.2, 0.25) is 0 Å². The van der Waals surface area contributed by atoms with Gasteiger partial charge in [-0.3, -0.25) is 4.68 Å². The van der Waals surface area contributed by atoms with E-state index in [1.165, 1.54) is 0 Å². The van der Waals surface area contributed by atoms with Crippen LogP contribution < -0.4 is 4.72 Å². The van der Waals surface area contributed by atoms with Crippen LogP contribution in [0.3, 0.4) is 0 Å². The lowest BCUT2D eigenvalue weighted by Gasteiger charge is -2.10. The van der Waals surface area contributed by atoms with Gasteiger partial charge in [-0.25, -0.2) is 13.1 Å². The molecule has 6 heteroatoms. The van der Waals surface area contributed by atoms with E-state index in [0.717, 1.165) is 18.5 Å². The average molecular weight is 321 g/mol. The third-order valence-electron chi connectivity index (χ3n) is 3.84. The highest BCUT2D eigenvalue weighted by molar-refractivity contribution is 7.89. The van der Waals surface area contributed by atoms with Gasteiger partial charge in [-0.05, 0) is 43.0 Å². The summed E-state index contributed by atoms with van der Waals surface area (Å²) in [6.45, 7) is 7.20. The number of nitrogens with zero attached hydrogens (tertiary/aromatic N) is 2. The van der Waals surface area contributed by atoms with E-state index < -0.39 is 10.0 Å². The molecular formula is C16H23N3O2S. The minimum Gasteiger partial charge on any atom is -0.273 e. The zero-order valence-electron chi connectivity index (χ0n) is 13.3. The Hall–Kier alpha value is -1.66. The quantitative estimate of drug-likeness (QED) is 0.853. The van der Waals surface area contributed by atoms with Gasteiger partial charge in [0, 0.05) is 12.7 Å². The summed E-state index contributed by atoms with van der Waals surface area (Å²) in [7, 11) is -3.50. The predicted molar refractivity (Wildman–Crippen MR) is 87.1 cm³/mol. The molecule has 0 saturated carbocycles. The molecule has 0 radical (unpaired) electrons. The Bertz CT molecular complexity index is 705. The van der Waals surface area contributed by atoms with Gasteiger partial charge in [0.25, 0.3) is 0 Å². The second-order valence-corrected chi connectivity index (χ2v) is 7.13. The largest absolute Gasteiger partial charge is 0.273 e. The molecule has 1 N–H and O–H groups in total. The summed E-state index contributed by atoms with van der Waals surface area (Å²) in [5.41, 5.74) is 1.87. The Balaban J connectivity index is 2.06. The van der Waals surface area contributed by atoms with Crippen LogP contribution in [0.5, 0.6) is 0 Å². The van der Waals surface area contributed by atoms with Crippen LogP contribution in [-0.2, 0) is 23.1 Å². The van der Waals surface area contributed by atoms with Crippen LogP contribution in [0, 0.1) is 0 Å². The molecule has 0 fully saturated rings. The first-order valence-corrected chi connectivity index (χ1v) is 9.06. The summed E-state index contributed by atoms with van der Waals surface area (Å²) in [6, 6.07) is 8.91. The third kappa shape index (κ3) is 3.96. The van der Waals surface area contributed by atoms with Crippen molar-refractivity contribution in [3.63, 3.8) is 0 Å². The standard InChI is InChI=1S/C16H23N3O2S/c1-4-13(3)14-6-8-16(9-7-14)22(20,21)17-12-15-10-11-19(5-2)18-15/h6-11,13,17H,4-5,12H2,1-3H3. The topological polar surface area (TPSA) is 64.0 Å². The predicted octanol–water partition coefficient (Wildman–Crippen LogP) is 2.90. The number of hydrogen-bond donors (Lipinski definition) is 1. The molecule has 1 aromatic carbocycles. The van der Waals surface area contributed by atoms with Gasteiger partial charge in [0.2, 0.25) is 10.0 Å². The van der Waals surface area contributed by atoms with Crippen LogP contribution in [0.1, 0.15) is 44.4 Å². The molecule has 0 amide bonds. The molecule has 0 bridgehead atoms. The van der Waals surface area contributed by atoms with Gasteiger partial charge in [-0.1, -0.05) is 26.0 Å². The van der Waals surface area contributed by atoms with Crippen molar-refractivity contribution in [1.29, 1.82) is 0 Å². The maximum atomic E-state index is 12.3. The molecule has 1 unspecified atom stereocenters. The summed E-state index contributed by atoms with van der Waals surface area (Å²) in [4.78, 5) is 0.287. The van der Waals surface area contributed by atoms with E-state index in [1.807, 2.05) is 31.3 Å². The van der Waals surface area contributed by atoms with Crippen molar-refractivity contribution in [2.45, 2.75) is 51.1 Å². The van der Waals surface area contributed by atoms with Crippen LogP contribution in [0.4, 0.5) is 0 Å². The van der Waals surface area contributed by atoms with Crippen molar-refractivity contribution in [2.24, 2.45) is 0 Å². The van der Waals surface area contributed by atoms with Gasteiger partial charge in [0.15, 0.2) is 0 Å². The van der Waals surface area contributed by atoms with Crippen LogP contribution in [0.15, 0.2) is 41.4 Å². The Morgan fingerprint density at radius 2 is 1.86 bits per heavy atom. The number of nitrogens with one attached hydrogen (secondary N) is 1. The number of hydrogen-bond acceptors (Lipinski definition) is 3. The molecule has 0 saturated heterocycles. The first-order valence-electron chi connectivity index (χ1n) is 7.58. The van der Waals surface area contributed by atoms with E-state index in [4.69, 9.17) is 0 Å². The third-order valence-corrected chi connectivity index (χ3v) is 5.25.